The monoisotopic (exact) mass is 544 g/mol. The molecule has 216 valence electrons. The summed E-state index contributed by atoms with van der Waals surface area (Å²) in [7, 11) is 0. The maximum absolute atomic E-state index is 13.5. The third kappa shape index (κ3) is 8.08. The van der Waals surface area contributed by atoms with Crippen LogP contribution < -0.4 is 0 Å². The van der Waals surface area contributed by atoms with Crippen molar-refractivity contribution in [3.63, 3.8) is 0 Å². The van der Waals surface area contributed by atoms with Crippen molar-refractivity contribution < 1.29 is 19.2 Å². The minimum absolute atomic E-state index is 0.00766. The van der Waals surface area contributed by atoms with Gasteiger partial charge in [0, 0.05) is 30.7 Å². The molecule has 0 amide bonds. The second-order valence-corrected chi connectivity index (χ2v) is 12.3. The van der Waals surface area contributed by atoms with E-state index in [4.69, 9.17) is 0 Å². The predicted octanol–water partition coefficient (Wildman–Crippen LogP) is 8.34. The van der Waals surface area contributed by atoms with Crippen LogP contribution in [0.3, 0.4) is 0 Å². The fourth-order valence-corrected chi connectivity index (χ4v) is 6.64. The van der Waals surface area contributed by atoms with Crippen LogP contribution in [0.5, 0.6) is 0 Å². The zero-order valence-corrected chi connectivity index (χ0v) is 25.5. The normalized spacial score (nSPS) is 17.1. The Kier molecular flexibility index (Phi) is 11.6. The smallest absolute Gasteiger partial charge is 0.163 e. The lowest BCUT2D eigenvalue weighted by molar-refractivity contribution is -0.130. The highest BCUT2D eigenvalue weighted by molar-refractivity contribution is 6.02. The van der Waals surface area contributed by atoms with E-state index in [0.29, 0.717) is 25.2 Å². The van der Waals surface area contributed by atoms with Gasteiger partial charge in [-0.1, -0.05) is 83.4 Å². The molecule has 0 fully saturated rings. The van der Waals surface area contributed by atoms with Crippen LogP contribution in [0.4, 0.5) is 0 Å². The molecule has 4 unspecified atom stereocenters. The highest BCUT2D eigenvalue weighted by Crippen LogP contribution is 2.40. The Hall–Kier alpha value is -2.88. The maximum atomic E-state index is 13.5. The minimum atomic E-state index is -0.132. The number of aryl methyl sites for hydroxylation is 1. The summed E-state index contributed by atoms with van der Waals surface area (Å²) >= 11 is 0. The van der Waals surface area contributed by atoms with Gasteiger partial charge in [0.1, 0.15) is 17.3 Å². The van der Waals surface area contributed by atoms with Gasteiger partial charge in [0.05, 0.1) is 6.42 Å². The summed E-state index contributed by atoms with van der Waals surface area (Å²) in [6, 6.07) is 12.4. The van der Waals surface area contributed by atoms with Gasteiger partial charge >= 0.3 is 0 Å². The Morgan fingerprint density at radius 1 is 0.950 bits per heavy atom. The zero-order valence-electron chi connectivity index (χ0n) is 25.5. The van der Waals surface area contributed by atoms with Crippen molar-refractivity contribution in [1.29, 1.82) is 0 Å². The van der Waals surface area contributed by atoms with E-state index in [1.165, 1.54) is 6.92 Å². The second-order valence-electron chi connectivity index (χ2n) is 12.3. The molecule has 0 aromatic heterocycles. The SMILES string of the molecule is CCCC(CC1CC(=O)c2c(C)ccc(-c3ccc(CC(=O)CC(C)CC)cc3)c2C1)C(CC)C(=O)CC(C)=O. The van der Waals surface area contributed by atoms with E-state index in [2.05, 4.69) is 39.0 Å². The number of hydrogen-bond acceptors (Lipinski definition) is 4. The Balaban J connectivity index is 1.85. The lowest BCUT2D eigenvalue weighted by Crippen LogP contribution is -2.30. The molecule has 40 heavy (non-hydrogen) atoms. The quantitative estimate of drug-likeness (QED) is 0.211. The van der Waals surface area contributed by atoms with Crippen molar-refractivity contribution in [1.82, 2.24) is 0 Å². The summed E-state index contributed by atoms with van der Waals surface area (Å²) in [6.45, 7) is 11.9. The topological polar surface area (TPSA) is 68.3 Å². The van der Waals surface area contributed by atoms with E-state index in [0.717, 1.165) is 71.9 Å². The Morgan fingerprint density at radius 2 is 1.65 bits per heavy atom. The van der Waals surface area contributed by atoms with Gasteiger partial charge in [-0.3, -0.25) is 19.2 Å². The van der Waals surface area contributed by atoms with E-state index >= 15 is 0 Å². The van der Waals surface area contributed by atoms with Crippen LogP contribution in [0, 0.1) is 30.6 Å². The van der Waals surface area contributed by atoms with Gasteiger partial charge in [-0.15, -0.1) is 0 Å². The molecule has 2 aromatic carbocycles. The van der Waals surface area contributed by atoms with Crippen LogP contribution in [-0.4, -0.2) is 23.1 Å². The van der Waals surface area contributed by atoms with Crippen molar-refractivity contribution in [3.8, 4) is 11.1 Å². The molecule has 0 spiro atoms. The number of hydrogen-bond donors (Lipinski definition) is 0. The molecule has 0 radical (unpaired) electrons. The summed E-state index contributed by atoms with van der Waals surface area (Å²) in [5.74, 6) is 1.08. The average Bonchev–Trinajstić information content (AvgIpc) is 2.89. The summed E-state index contributed by atoms with van der Waals surface area (Å²) in [5, 5.41) is 0. The van der Waals surface area contributed by atoms with Crippen LogP contribution in [0.1, 0.15) is 113 Å². The van der Waals surface area contributed by atoms with Crippen molar-refractivity contribution in [2.45, 2.75) is 106 Å². The van der Waals surface area contributed by atoms with Gasteiger partial charge < -0.3 is 0 Å². The van der Waals surface area contributed by atoms with Crippen LogP contribution in [0.2, 0.25) is 0 Å². The summed E-state index contributed by atoms with van der Waals surface area (Å²) in [5.41, 5.74) is 6.16. The van der Waals surface area contributed by atoms with Gasteiger partial charge in [0.25, 0.3) is 0 Å². The molecule has 0 saturated heterocycles. The average molecular weight is 545 g/mol. The zero-order chi connectivity index (χ0) is 29.4. The Morgan fingerprint density at radius 3 is 2.25 bits per heavy atom. The number of carbonyl (C=O) groups excluding carboxylic acids is 4. The molecule has 0 N–H and O–H groups in total. The number of fused-ring (bicyclic) bond motifs is 1. The molecule has 4 heteroatoms. The first-order valence-electron chi connectivity index (χ1n) is 15.4. The minimum Gasteiger partial charge on any atom is -0.300 e. The summed E-state index contributed by atoms with van der Waals surface area (Å²) in [6.07, 6.45) is 6.86. The third-order valence-electron chi connectivity index (χ3n) is 8.85. The molecule has 4 atom stereocenters. The Bertz CT molecular complexity index is 1210. The van der Waals surface area contributed by atoms with Gasteiger partial charge in [-0.05, 0) is 78.7 Å². The Labute approximate surface area is 241 Å². The van der Waals surface area contributed by atoms with E-state index in [-0.39, 0.29) is 47.3 Å². The molecule has 0 bridgehead atoms. The molecule has 0 heterocycles. The van der Waals surface area contributed by atoms with Gasteiger partial charge in [0.15, 0.2) is 5.78 Å². The van der Waals surface area contributed by atoms with E-state index < -0.39 is 0 Å². The van der Waals surface area contributed by atoms with Crippen LogP contribution in [0.15, 0.2) is 36.4 Å². The fraction of sp³-hybridized carbons (Fsp3) is 0.556. The number of benzene rings is 2. The van der Waals surface area contributed by atoms with E-state index in [1.807, 2.05) is 32.0 Å². The molecule has 3 rings (SSSR count). The van der Waals surface area contributed by atoms with Crippen molar-refractivity contribution >= 4 is 23.1 Å². The molecule has 1 aliphatic carbocycles. The molecular formula is C36H48O4. The first-order valence-corrected chi connectivity index (χ1v) is 15.4. The standard InChI is InChI=1S/C36H48O4/c1-7-10-29(31(9-3)34(39)18-25(6)37)19-27-21-33-32(16-11-24(5)36(33)35(40)22-27)28-14-12-26(13-15-28)20-30(38)17-23(4)8-2/h11-16,23,27,29,31H,7-10,17-22H2,1-6H3. The molecule has 0 aliphatic heterocycles. The highest BCUT2D eigenvalue weighted by atomic mass is 16.1. The van der Waals surface area contributed by atoms with Crippen LogP contribution in [0.25, 0.3) is 11.1 Å². The molecular weight excluding hydrogens is 496 g/mol. The number of Topliss-reactive ketones (excluding diaryl/α,β-unsaturated/α-hetero) is 4. The van der Waals surface area contributed by atoms with Gasteiger partial charge in [-0.2, -0.15) is 0 Å². The highest BCUT2D eigenvalue weighted by Gasteiger charge is 2.34. The maximum Gasteiger partial charge on any atom is 0.163 e. The number of ketones is 4. The molecule has 4 nitrogen and oxygen atoms in total. The van der Waals surface area contributed by atoms with E-state index in [9.17, 15) is 19.2 Å². The predicted molar refractivity (Wildman–Crippen MR) is 163 cm³/mol. The van der Waals surface area contributed by atoms with Crippen molar-refractivity contribution in [2.24, 2.45) is 23.7 Å². The third-order valence-corrected chi connectivity index (χ3v) is 8.85. The summed E-state index contributed by atoms with van der Waals surface area (Å²) in [4.78, 5) is 50.6. The lowest BCUT2D eigenvalue weighted by Gasteiger charge is -2.32. The lowest BCUT2D eigenvalue weighted by atomic mass is 9.71. The van der Waals surface area contributed by atoms with Crippen molar-refractivity contribution in [3.05, 3.63) is 58.7 Å². The molecule has 0 saturated carbocycles. The van der Waals surface area contributed by atoms with Gasteiger partial charge in [-0.25, -0.2) is 0 Å². The first kappa shape index (κ1) is 31.6. The fourth-order valence-electron chi connectivity index (χ4n) is 6.64. The van der Waals surface area contributed by atoms with Crippen LogP contribution >= 0.6 is 0 Å². The number of rotatable bonds is 15. The second kappa shape index (κ2) is 14.7. The molecule has 1 aliphatic rings. The summed E-state index contributed by atoms with van der Waals surface area (Å²) < 4.78 is 0. The van der Waals surface area contributed by atoms with Crippen LogP contribution in [-0.2, 0) is 27.2 Å². The largest absolute Gasteiger partial charge is 0.300 e. The first-order chi connectivity index (χ1) is 19.1. The molecule has 2 aromatic rings. The number of carbonyl (C=O) groups is 4. The van der Waals surface area contributed by atoms with Gasteiger partial charge in [0.2, 0.25) is 0 Å². The van der Waals surface area contributed by atoms with Crippen molar-refractivity contribution in [2.75, 3.05) is 0 Å². The van der Waals surface area contributed by atoms with E-state index in [1.54, 1.807) is 0 Å².